The molecule has 0 bridgehead atoms. The number of alkyl halides is 1. The predicted molar refractivity (Wildman–Crippen MR) is 87.0 cm³/mol. The monoisotopic (exact) mass is 360 g/mol. The molecule has 134 valence electrons. The summed E-state index contributed by atoms with van der Waals surface area (Å²) in [7, 11) is 1.15. The molecule has 2 aliphatic heterocycles. The van der Waals surface area contributed by atoms with E-state index in [2.05, 4.69) is 15.2 Å². The first-order valence-electron chi connectivity index (χ1n) is 7.86. The van der Waals surface area contributed by atoms with Crippen molar-refractivity contribution in [3.63, 3.8) is 0 Å². The van der Waals surface area contributed by atoms with Crippen molar-refractivity contribution < 1.29 is 18.7 Å². The number of aromatic nitrogens is 2. The summed E-state index contributed by atoms with van der Waals surface area (Å²) in [4.78, 5) is 25.3. The van der Waals surface area contributed by atoms with E-state index in [0.29, 0.717) is 0 Å². The molecule has 0 radical (unpaired) electrons. The minimum atomic E-state index is -2.11. The van der Waals surface area contributed by atoms with E-state index >= 15 is 0 Å². The molecule has 2 unspecified atom stereocenters. The molecule has 1 aromatic heterocycles. The molecule has 3 rings (SSSR count). The number of likely N-dealkylation sites (tertiary alicyclic amines) is 1. The summed E-state index contributed by atoms with van der Waals surface area (Å²) < 4.78 is 20.7. The maximum Gasteiger partial charge on any atom is 0.345 e. The van der Waals surface area contributed by atoms with Crippen LogP contribution in [0.3, 0.4) is 0 Å². The van der Waals surface area contributed by atoms with Gasteiger partial charge >= 0.3 is 5.97 Å². The van der Waals surface area contributed by atoms with Crippen molar-refractivity contribution in [2.75, 3.05) is 33.3 Å². The van der Waals surface area contributed by atoms with Crippen LogP contribution in [0.4, 0.5) is 4.39 Å². The first kappa shape index (κ1) is 18.7. The van der Waals surface area contributed by atoms with Gasteiger partial charge in [-0.05, 0) is 25.5 Å². The second-order valence-electron chi connectivity index (χ2n) is 6.11. The molecule has 0 saturated carbocycles. The summed E-state index contributed by atoms with van der Waals surface area (Å²) in [5, 5.41) is 7.64. The van der Waals surface area contributed by atoms with Gasteiger partial charge in [-0.15, -0.1) is 12.4 Å². The normalized spacial score (nSPS) is 26.8. The Bertz CT molecular complexity index is 605. The van der Waals surface area contributed by atoms with Crippen LogP contribution in [-0.4, -0.2) is 65.5 Å². The van der Waals surface area contributed by atoms with Gasteiger partial charge in [-0.25, -0.2) is 9.18 Å². The number of esters is 1. The van der Waals surface area contributed by atoms with Crippen molar-refractivity contribution in [2.45, 2.75) is 31.0 Å². The number of methoxy groups -OCH3 is 1. The fourth-order valence-corrected chi connectivity index (χ4v) is 3.17. The minimum Gasteiger partial charge on any atom is -0.467 e. The number of carbonyl (C=O) groups excluding carboxylic acids is 2. The number of nitrogens with one attached hydrogen (secondary N) is 1. The van der Waals surface area contributed by atoms with Crippen LogP contribution in [0, 0.1) is 0 Å². The fraction of sp³-hybridized carbons (Fsp3) is 0.667. The standard InChI is InChI=1S/C15H21FN4O3.ClH/c1-23-14(22)15(16)5-8-19(10-15)13(21)12-4-7-20(18-12)11-3-2-6-17-9-11;/h4,7,11,17H,2-3,5-6,8-10H2,1H3;1H. The molecule has 1 aromatic rings. The van der Waals surface area contributed by atoms with Crippen molar-refractivity contribution in [2.24, 2.45) is 0 Å². The van der Waals surface area contributed by atoms with E-state index in [9.17, 15) is 14.0 Å². The summed E-state index contributed by atoms with van der Waals surface area (Å²) in [6, 6.07) is 1.88. The van der Waals surface area contributed by atoms with Crippen LogP contribution in [-0.2, 0) is 9.53 Å². The van der Waals surface area contributed by atoms with E-state index in [0.717, 1.165) is 33.0 Å². The van der Waals surface area contributed by atoms with E-state index < -0.39 is 11.6 Å². The van der Waals surface area contributed by atoms with Crippen LogP contribution >= 0.6 is 12.4 Å². The minimum absolute atomic E-state index is 0. The summed E-state index contributed by atoms with van der Waals surface area (Å²) in [6.45, 7) is 1.73. The van der Waals surface area contributed by atoms with Gasteiger partial charge in [-0.1, -0.05) is 0 Å². The molecule has 0 spiro atoms. The Labute approximate surface area is 145 Å². The highest BCUT2D eigenvalue weighted by molar-refractivity contribution is 5.93. The zero-order chi connectivity index (χ0) is 16.4. The number of halogens is 2. The van der Waals surface area contributed by atoms with Gasteiger partial charge in [-0.2, -0.15) is 5.10 Å². The first-order valence-corrected chi connectivity index (χ1v) is 7.86. The second kappa shape index (κ2) is 7.48. The third kappa shape index (κ3) is 3.54. The van der Waals surface area contributed by atoms with Crippen LogP contribution in [0.15, 0.2) is 12.3 Å². The molecule has 2 aliphatic rings. The SMILES string of the molecule is COC(=O)C1(F)CCN(C(=O)c2ccn(C3CCCNC3)n2)C1.Cl. The van der Waals surface area contributed by atoms with Crippen LogP contribution in [0.5, 0.6) is 0 Å². The molecule has 1 amide bonds. The fourth-order valence-electron chi connectivity index (χ4n) is 3.17. The zero-order valence-electron chi connectivity index (χ0n) is 13.5. The van der Waals surface area contributed by atoms with Crippen molar-refractivity contribution in [1.82, 2.24) is 20.0 Å². The van der Waals surface area contributed by atoms with Crippen LogP contribution in [0.2, 0.25) is 0 Å². The number of piperidine rings is 1. The Kier molecular flexibility index (Phi) is 5.82. The lowest BCUT2D eigenvalue weighted by Gasteiger charge is -2.23. The van der Waals surface area contributed by atoms with Gasteiger partial charge in [0.2, 0.25) is 5.67 Å². The topological polar surface area (TPSA) is 76.5 Å². The summed E-state index contributed by atoms with van der Waals surface area (Å²) in [5.41, 5.74) is -1.83. The molecule has 24 heavy (non-hydrogen) atoms. The molecule has 2 fully saturated rings. The van der Waals surface area contributed by atoms with Gasteiger partial charge in [-0.3, -0.25) is 9.48 Å². The van der Waals surface area contributed by atoms with Crippen molar-refractivity contribution in [3.05, 3.63) is 18.0 Å². The van der Waals surface area contributed by atoms with Gasteiger partial charge in [0.05, 0.1) is 19.7 Å². The number of carbonyl (C=O) groups is 2. The lowest BCUT2D eigenvalue weighted by Crippen LogP contribution is -2.40. The predicted octanol–water partition coefficient (Wildman–Crippen LogP) is 0.957. The number of ether oxygens (including phenoxy) is 1. The number of hydrogen-bond donors (Lipinski definition) is 1. The van der Waals surface area contributed by atoms with Crippen molar-refractivity contribution in [3.8, 4) is 0 Å². The Morgan fingerprint density at radius 3 is 2.96 bits per heavy atom. The van der Waals surface area contributed by atoms with Crippen molar-refractivity contribution >= 4 is 24.3 Å². The van der Waals surface area contributed by atoms with E-state index in [1.165, 1.54) is 4.90 Å². The summed E-state index contributed by atoms with van der Waals surface area (Å²) >= 11 is 0. The molecule has 2 atom stereocenters. The molecule has 2 saturated heterocycles. The number of amides is 1. The second-order valence-corrected chi connectivity index (χ2v) is 6.11. The molecule has 1 N–H and O–H groups in total. The molecule has 9 heteroatoms. The van der Waals surface area contributed by atoms with Gasteiger partial charge in [0.1, 0.15) is 5.69 Å². The smallest absolute Gasteiger partial charge is 0.345 e. The Hall–Kier alpha value is -1.67. The highest BCUT2D eigenvalue weighted by Gasteiger charge is 2.48. The maximum absolute atomic E-state index is 14.4. The average molecular weight is 361 g/mol. The third-order valence-corrected chi connectivity index (χ3v) is 4.53. The molecule has 0 aliphatic carbocycles. The quantitative estimate of drug-likeness (QED) is 0.812. The van der Waals surface area contributed by atoms with Gasteiger partial charge in [0.25, 0.3) is 5.91 Å². The maximum atomic E-state index is 14.4. The molecule has 3 heterocycles. The highest BCUT2D eigenvalue weighted by Crippen LogP contribution is 2.28. The average Bonchev–Trinajstić information content (AvgIpc) is 3.22. The largest absolute Gasteiger partial charge is 0.467 e. The number of hydrogen-bond acceptors (Lipinski definition) is 5. The highest BCUT2D eigenvalue weighted by atomic mass is 35.5. The molecular formula is C15H22ClFN4O3. The van der Waals surface area contributed by atoms with Gasteiger partial charge in [0, 0.05) is 25.7 Å². The van der Waals surface area contributed by atoms with Crippen LogP contribution < -0.4 is 5.32 Å². The van der Waals surface area contributed by atoms with E-state index in [-0.39, 0.29) is 49.6 Å². The molecule has 0 aromatic carbocycles. The Morgan fingerprint density at radius 2 is 2.29 bits per heavy atom. The first-order chi connectivity index (χ1) is 11.0. The summed E-state index contributed by atoms with van der Waals surface area (Å²) in [5.74, 6) is -1.28. The zero-order valence-corrected chi connectivity index (χ0v) is 14.4. The Balaban J connectivity index is 0.00000208. The van der Waals surface area contributed by atoms with E-state index in [4.69, 9.17) is 0 Å². The summed E-state index contributed by atoms with van der Waals surface area (Å²) in [6.07, 6.45) is 3.83. The molecule has 7 nitrogen and oxygen atoms in total. The molecular weight excluding hydrogens is 339 g/mol. The van der Waals surface area contributed by atoms with Crippen molar-refractivity contribution in [1.29, 1.82) is 0 Å². The Morgan fingerprint density at radius 1 is 1.50 bits per heavy atom. The van der Waals surface area contributed by atoms with E-state index in [1.54, 1.807) is 16.9 Å². The van der Waals surface area contributed by atoms with Crippen LogP contribution in [0.25, 0.3) is 0 Å². The van der Waals surface area contributed by atoms with E-state index in [1.807, 2.05) is 0 Å². The van der Waals surface area contributed by atoms with Crippen LogP contribution in [0.1, 0.15) is 35.8 Å². The lowest BCUT2D eigenvalue weighted by molar-refractivity contribution is -0.153. The number of rotatable bonds is 3. The number of nitrogens with zero attached hydrogens (tertiary/aromatic N) is 3. The van der Waals surface area contributed by atoms with Gasteiger partial charge in [0.15, 0.2) is 0 Å². The lowest BCUT2D eigenvalue weighted by atomic mass is 10.1. The third-order valence-electron chi connectivity index (χ3n) is 4.53. The van der Waals surface area contributed by atoms with Gasteiger partial charge < -0.3 is 15.0 Å².